The summed E-state index contributed by atoms with van der Waals surface area (Å²) in [7, 11) is 0. The van der Waals surface area contributed by atoms with Crippen LogP contribution in [-0.2, 0) is 11.2 Å². The number of rotatable bonds is 5. The van der Waals surface area contributed by atoms with E-state index >= 15 is 0 Å². The number of amides is 1. The topological polar surface area (TPSA) is 57.8 Å². The number of hydrogen-bond acceptors (Lipinski definition) is 2. The predicted octanol–water partition coefficient (Wildman–Crippen LogP) is 2.27. The van der Waals surface area contributed by atoms with E-state index in [0.717, 1.165) is 23.3 Å². The van der Waals surface area contributed by atoms with E-state index in [1.165, 1.54) is 12.8 Å². The first-order valence-corrected chi connectivity index (χ1v) is 6.95. The molecule has 0 aliphatic heterocycles. The molecule has 4 heteroatoms. The number of imidazole rings is 1. The summed E-state index contributed by atoms with van der Waals surface area (Å²) in [5, 5.41) is 3.00. The molecule has 1 fully saturated rings. The highest BCUT2D eigenvalue weighted by atomic mass is 16.1. The van der Waals surface area contributed by atoms with Crippen molar-refractivity contribution in [2.75, 3.05) is 6.54 Å². The highest BCUT2D eigenvalue weighted by molar-refractivity contribution is 5.79. The second-order valence-corrected chi connectivity index (χ2v) is 5.37. The van der Waals surface area contributed by atoms with Crippen molar-refractivity contribution in [3.8, 4) is 0 Å². The number of aromatic amines is 1. The molecule has 1 amide bonds. The van der Waals surface area contributed by atoms with E-state index in [1.807, 2.05) is 31.2 Å². The smallest absolute Gasteiger partial charge is 0.223 e. The van der Waals surface area contributed by atoms with Crippen molar-refractivity contribution >= 4 is 16.9 Å². The molecule has 1 atom stereocenters. The van der Waals surface area contributed by atoms with Crippen molar-refractivity contribution in [3.63, 3.8) is 0 Å². The van der Waals surface area contributed by atoms with Crippen LogP contribution in [0.3, 0.4) is 0 Å². The van der Waals surface area contributed by atoms with E-state index in [1.54, 1.807) is 0 Å². The molecule has 0 bridgehead atoms. The number of fused-ring (bicyclic) bond motifs is 1. The van der Waals surface area contributed by atoms with Crippen molar-refractivity contribution in [1.29, 1.82) is 0 Å². The molecular weight excluding hydrogens is 238 g/mol. The number of carbonyl (C=O) groups excluding carboxylic acids is 1. The molecule has 0 spiro atoms. The average Bonchev–Trinajstić information content (AvgIpc) is 3.17. The van der Waals surface area contributed by atoms with Crippen molar-refractivity contribution in [3.05, 3.63) is 30.1 Å². The lowest BCUT2D eigenvalue weighted by atomic mass is 10.1. The van der Waals surface area contributed by atoms with Gasteiger partial charge in [0.1, 0.15) is 5.82 Å². The number of para-hydroxylation sites is 2. The molecule has 1 saturated carbocycles. The first kappa shape index (κ1) is 12.2. The lowest BCUT2D eigenvalue weighted by molar-refractivity contribution is -0.125. The number of hydrogen-bond donors (Lipinski definition) is 2. The minimum Gasteiger partial charge on any atom is -0.355 e. The van der Waals surface area contributed by atoms with Gasteiger partial charge in [-0.25, -0.2) is 4.98 Å². The van der Waals surface area contributed by atoms with Crippen LogP contribution in [0.5, 0.6) is 0 Å². The average molecular weight is 257 g/mol. The Morgan fingerprint density at radius 3 is 3.00 bits per heavy atom. The third kappa shape index (κ3) is 2.78. The minimum absolute atomic E-state index is 0.163. The zero-order chi connectivity index (χ0) is 13.2. The Bertz CT molecular complexity index is 553. The number of benzene rings is 1. The Morgan fingerprint density at radius 2 is 2.26 bits per heavy atom. The number of aromatic nitrogens is 2. The fourth-order valence-corrected chi connectivity index (χ4v) is 2.40. The molecule has 100 valence electrons. The van der Waals surface area contributed by atoms with E-state index in [4.69, 9.17) is 0 Å². The summed E-state index contributed by atoms with van der Waals surface area (Å²) in [5.74, 6) is 1.89. The molecule has 1 aromatic carbocycles. The largest absolute Gasteiger partial charge is 0.355 e. The first-order valence-electron chi connectivity index (χ1n) is 6.95. The molecule has 2 N–H and O–H groups in total. The predicted molar refractivity (Wildman–Crippen MR) is 74.7 cm³/mol. The zero-order valence-corrected chi connectivity index (χ0v) is 11.1. The maximum Gasteiger partial charge on any atom is 0.223 e. The van der Waals surface area contributed by atoms with Crippen LogP contribution in [0.4, 0.5) is 0 Å². The van der Waals surface area contributed by atoms with E-state index in [0.29, 0.717) is 12.5 Å². The summed E-state index contributed by atoms with van der Waals surface area (Å²) < 4.78 is 0. The van der Waals surface area contributed by atoms with Crippen molar-refractivity contribution in [1.82, 2.24) is 15.3 Å². The quantitative estimate of drug-likeness (QED) is 0.863. The van der Waals surface area contributed by atoms with Crippen LogP contribution in [0.2, 0.25) is 0 Å². The van der Waals surface area contributed by atoms with E-state index in [2.05, 4.69) is 15.3 Å². The van der Waals surface area contributed by atoms with Crippen molar-refractivity contribution < 1.29 is 4.79 Å². The van der Waals surface area contributed by atoms with E-state index in [9.17, 15) is 4.79 Å². The van der Waals surface area contributed by atoms with Gasteiger partial charge in [-0.05, 0) is 30.9 Å². The highest BCUT2D eigenvalue weighted by Crippen LogP contribution is 2.36. The van der Waals surface area contributed by atoms with Gasteiger partial charge in [-0.2, -0.15) is 0 Å². The van der Waals surface area contributed by atoms with Gasteiger partial charge in [0.15, 0.2) is 0 Å². The van der Waals surface area contributed by atoms with Gasteiger partial charge in [0.2, 0.25) is 5.91 Å². The number of nitrogens with zero attached hydrogens (tertiary/aromatic N) is 1. The Balaban J connectivity index is 1.52. The van der Waals surface area contributed by atoms with Crippen LogP contribution < -0.4 is 5.32 Å². The van der Waals surface area contributed by atoms with Crippen LogP contribution in [0.1, 0.15) is 25.6 Å². The van der Waals surface area contributed by atoms with Crippen LogP contribution in [0, 0.1) is 11.8 Å². The Hall–Kier alpha value is -1.84. The van der Waals surface area contributed by atoms with Crippen LogP contribution in [0.25, 0.3) is 11.0 Å². The second kappa shape index (κ2) is 5.03. The van der Waals surface area contributed by atoms with Gasteiger partial charge in [0.25, 0.3) is 0 Å². The summed E-state index contributed by atoms with van der Waals surface area (Å²) >= 11 is 0. The van der Waals surface area contributed by atoms with Gasteiger partial charge >= 0.3 is 0 Å². The molecular formula is C15H19N3O. The van der Waals surface area contributed by atoms with Gasteiger partial charge in [-0.15, -0.1) is 0 Å². The van der Waals surface area contributed by atoms with Gasteiger partial charge in [0, 0.05) is 18.9 Å². The second-order valence-electron chi connectivity index (χ2n) is 5.37. The van der Waals surface area contributed by atoms with Gasteiger partial charge in [-0.1, -0.05) is 19.1 Å². The van der Waals surface area contributed by atoms with Crippen LogP contribution in [-0.4, -0.2) is 22.4 Å². The number of H-pyrrole nitrogens is 1. The summed E-state index contributed by atoms with van der Waals surface area (Å²) in [6, 6.07) is 7.97. The molecule has 0 radical (unpaired) electrons. The van der Waals surface area contributed by atoms with Crippen LogP contribution in [0.15, 0.2) is 24.3 Å². The summed E-state index contributed by atoms with van der Waals surface area (Å²) in [6.45, 7) is 2.67. The highest BCUT2D eigenvalue weighted by Gasteiger charge is 2.32. The van der Waals surface area contributed by atoms with Crippen LogP contribution >= 0.6 is 0 Å². The van der Waals surface area contributed by atoms with Crippen molar-refractivity contribution in [2.24, 2.45) is 11.8 Å². The molecule has 1 aliphatic carbocycles. The number of nitrogens with one attached hydrogen (secondary N) is 2. The summed E-state index contributed by atoms with van der Waals surface area (Å²) in [5.41, 5.74) is 2.03. The van der Waals surface area contributed by atoms with Gasteiger partial charge in [0.05, 0.1) is 11.0 Å². The van der Waals surface area contributed by atoms with Gasteiger partial charge < -0.3 is 10.3 Å². The normalized spacial score (nSPS) is 16.5. The maximum atomic E-state index is 11.8. The SMILES string of the molecule is CC(C(=O)NCCc1nc2ccccc2[nH]1)C1CC1. The van der Waals surface area contributed by atoms with Gasteiger partial charge in [-0.3, -0.25) is 4.79 Å². The zero-order valence-electron chi connectivity index (χ0n) is 11.1. The summed E-state index contributed by atoms with van der Waals surface area (Å²) in [4.78, 5) is 19.6. The molecule has 3 rings (SSSR count). The third-order valence-electron chi connectivity index (χ3n) is 3.84. The fourth-order valence-electron chi connectivity index (χ4n) is 2.40. The maximum absolute atomic E-state index is 11.8. The minimum atomic E-state index is 0.163. The molecule has 1 aliphatic rings. The molecule has 0 saturated heterocycles. The Kier molecular flexibility index (Phi) is 3.23. The van der Waals surface area contributed by atoms with E-state index in [-0.39, 0.29) is 11.8 Å². The monoisotopic (exact) mass is 257 g/mol. The lowest BCUT2D eigenvalue weighted by Crippen LogP contribution is -2.31. The molecule has 4 nitrogen and oxygen atoms in total. The first-order chi connectivity index (χ1) is 9.24. The Morgan fingerprint density at radius 1 is 1.47 bits per heavy atom. The molecule has 1 unspecified atom stereocenters. The molecule has 19 heavy (non-hydrogen) atoms. The third-order valence-corrected chi connectivity index (χ3v) is 3.84. The van der Waals surface area contributed by atoms with E-state index < -0.39 is 0 Å². The fraction of sp³-hybridized carbons (Fsp3) is 0.467. The molecule has 2 aromatic rings. The molecule has 1 aromatic heterocycles. The lowest BCUT2D eigenvalue weighted by Gasteiger charge is -2.10. The summed E-state index contributed by atoms with van der Waals surface area (Å²) in [6.07, 6.45) is 3.16. The standard InChI is InChI=1S/C15H19N3O/c1-10(11-6-7-11)15(19)16-9-8-14-17-12-4-2-3-5-13(12)18-14/h2-5,10-11H,6-9H2,1H3,(H,16,19)(H,17,18). The number of carbonyl (C=O) groups is 1. The Labute approximate surface area is 112 Å². The van der Waals surface area contributed by atoms with Crippen molar-refractivity contribution in [2.45, 2.75) is 26.2 Å². The molecule has 1 heterocycles.